The van der Waals surface area contributed by atoms with Crippen LogP contribution in [0, 0.1) is 11.3 Å². The van der Waals surface area contributed by atoms with Crippen molar-refractivity contribution in [3.63, 3.8) is 0 Å². The maximum atomic E-state index is 10.0. The molecule has 0 aliphatic carbocycles. The summed E-state index contributed by atoms with van der Waals surface area (Å²) in [5, 5.41) is 15.6. The Kier molecular flexibility index (Phi) is 6.69. The van der Waals surface area contributed by atoms with Gasteiger partial charge in [-0.1, -0.05) is 55.8 Å². The van der Waals surface area contributed by atoms with Gasteiger partial charge < -0.3 is 4.74 Å². The van der Waals surface area contributed by atoms with Crippen LogP contribution in [-0.4, -0.2) is 21.4 Å². The molecule has 0 unspecified atom stereocenters. The Morgan fingerprint density at radius 2 is 1.89 bits per heavy atom. The minimum Gasteiger partial charge on any atom is -0.494 e. The van der Waals surface area contributed by atoms with E-state index in [0.29, 0.717) is 17.2 Å². The van der Waals surface area contributed by atoms with E-state index in [0.717, 1.165) is 51.3 Å². The molecule has 0 bridgehead atoms. The average molecular weight is 477 g/mol. The lowest BCUT2D eigenvalue weighted by Gasteiger charge is -2.07. The molecule has 35 heavy (non-hydrogen) atoms. The number of rotatable bonds is 8. The zero-order valence-electron chi connectivity index (χ0n) is 19.4. The average Bonchev–Trinajstić information content (AvgIpc) is 3.52. The Bertz CT molecular complexity index is 1490. The molecular weight excluding hydrogens is 452 g/mol. The van der Waals surface area contributed by atoms with E-state index in [1.807, 2.05) is 95.8 Å². The zero-order chi connectivity index (χ0) is 24.0. The van der Waals surface area contributed by atoms with Crippen LogP contribution < -0.4 is 4.74 Å². The van der Waals surface area contributed by atoms with E-state index in [-0.39, 0.29) is 0 Å². The summed E-state index contributed by atoms with van der Waals surface area (Å²) < 4.78 is 8.84. The van der Waals surface area contributed by atoms with Crippen molar-refractivity contribution in [2.24, 2.45) is 0 Å². The van der Waals surface area contributed by atoms with Crippen LogP contribution in [-0.2, 0) is 0 Å². The van der Waals surface area contributed by atoms with E-state index < -0.39 is 0 Å². The SMILES string of the molecule is CCCCOc1cccc(-c2nn(-c3ccccc3)cc2/C=C(/C#N)c2nc3ccccc3s2)c1. The standard InChI is InChI=1S/C29H24N4OS/c1-2-3-16-34-25-13-9-10-21(18-25)28-23(20-33(32-28)24-11-5-4-6-12-24)17-22(19-30)29-31-26-14-7-8-15-27(26)35-29/h4-15,17-18,20H,2-3,16H2,1H3/b22-17-. The lowest BCUT2D eigenvalue weighted by Crippen LogP contribution is -1.97. The first-order valence-corrected chi connectivity index (χ1v) is 12.4. The fourth-order valence-electron chi connectivity index (χ4n) is 3.78. The first kappa shape index (κ1) is 22.6. The van der Waals surface area contributed by atoms with Crippen LogP contribution in [0.3, 0.4) is 0 Å². The van der Waals surface area contributed by atoms with Crippen molar-refractivity contribution in [1.82, 2.24) is 14.8 Å². The highest BCUT2D eigenvalue weighted by atomic mass is 32.1. The number of aromatic nitrogens is 3. The van der Waals surface area contributed by atoms with Gasteiger partial charge in [0, 0.05) is 17.3 Å². The number of allylic oxidation sites excluding steroid dienone is 1. The summed E-state index contributed by atoms with van der Waals surface area (Å²) in [5.41, 5.74) is 4.91. The van der Waals surface area contributed by atoms with Gasteiger partial charge in [-0.05, 0) is 48.9 Å². The van der Waals surface area contributed by atoms with Gasteiger partial charge in [0.1, 0.15) is 22.5 Å². The predicted octanol–water partition coefficient (Wildman–Crippen LogP) is 7.39. The van der Waals surface area contributed by atoms with Gasteiger partial charge in [-0.3, -0.25) is 0 Å². The summed E-state index contributed by atoms with van der Waals surface area (Å²) in [6.45, 7) is 2.83. The number of benzene rings is 3. The number of fused-ring (bicyclic) bond motifs is 1. The summed E-state index contributed by atoms with van der Waals surface area (Å²) in [7, 11) is 0. The molecule has 0 aliphatic rings. The Morgan fingerprint density at radius 1 is 1.06 bits per heavy atom. The van der Waals surface area contributed by atoms with Crippen molar-refractivity contribution in [2.75, 3.05) is 6.61 Å². The van der Waals surface area contributed by atoms with Gasteiger partial charge in [0.05, 0.1) is 28.1 Å². The van der Waals surface area contributed by atoms with Gasteiger partial charge in [-0.15, -0.1) is 11.3 Å². The van der Waals surface area contributed by atoms with Crippen LogP contribution >= 0.6 is 11.3 Å². The van der Waals surface area contributed by atoms with E-state index in [4.69, 9.17) is 9.84 Å². The number of thiazole rings is 1. The number of nitrogens with zero attached hydrogens (tertiary/aromatic N) is 4. The number of ether oxygens (including phenoxy) is 1. The van der Waals surface area contributed by atoms with E-state index in [9.17, 15) is 5.26 Å². The molecule has 0 atom stereocenters. The molecule has 5 aromatic rings. The van der Waals surface area contributed by atoms with Crippen molar-refractivity contribution in [1.29, 1.82) is 5.26 Å². The van der Waals surface area contributed by atoms with Crippen LogP contribution in [0.5, 0.6) is 5.75 Å². The van der Waals surface area contributed by atoms with Crippen LogP contribution in [0.2, 0.25) is 0 Å². The molecule has 0 aliphatic heterocycles. The second kappa shape index (κ2) is 10.4. The molecule has 6 heteroatoms. The van der Waals surface area contributed by atoms with Gasteiger partial charge in [0.2, 0.25) is 0 Å². The predicted molar refractivity (Wildman–Crippen MR) is 143 cm³/mol. The monoisotopic (exact) mass is 476 g/mol. The minimum atomic E-state index is 0.510. The molecule has 2 aromatic heterocycles. The third-order valence-corrected chi connectivity index (χ3v) is 6.65. The molecule has 5 rings (SSSR count). The Labute approximate surface area is 208 Å². The first-order valence-electron chi connectivity index (χ1n) is 11.6. The number of para-hydroxylation sites is 2. The number of nitriles is 1. The van der Waals surface area contributed by atoms with Crippen molar-refractivity contribution in [3.05, 3.63) is 95.6 Å². The highest BCUT2D eigenvalue weighted by Crippen LogP contribution is 2.32. The molecule has 3 aromatic carbocycles. The van der Waals surface area contributed by atoms with E-state index in [1.165, 1.54) is 11.3 Å². The summed E-state index contributed by atoms with van der Waals surface area (Å²) >= 11 is 1.52. The first-order chi connectivity index (χ1) is 17.2. The van der Waals surface area contributed by atoms with E-state index >= 15 is 0 Å². The van der Waals surface area contributed by atoms with Gasteiger partial charge in [0.25, 0.3) is 0 Å². The number of unbranched alkanes of at least 4 members (excludes halogenated alkanes) is 1. The second-order valence-corrected chi connectivity index (χ2v) is 9.13. The molecular formula is C29H24N4OS. The van der Waals surface area contributed by atoms with E-state index in [1.54, 1.807) is 0 Å². The maximum absolute atomic E-state index is 10.0. The molecule has 2 heterocycles. The minimum absolute atomic E-state index is 0.510. The van der Waals surface area contributed by atoms with Crippen molar-refractivity contribution in [3.8, 4) is 28.8 Å². The lowest BCUT2D eigenvalue weighted by molar-refractivity contribution is 0.309. The van der Waals surface area contributed by atoms with Crippen LogP contribution in [0.4, 0.5) is 0 Å². The molecule has 172 valence electrons. The normalized spacial score (nSPS) is 11.5. The summed E-state index contributed by atoms with van der Waals surface area (Å²) in [4.78, 5) is 4.68. The summed E-state index contributed by atoms with van der Waals surface area (Å²) in [5.74, 6) is 0.812. The Morgan fingerprint density at radius 3 is 2.69 bits per heavy atom. The molecule has 0 radical (unpaired) electrons. The smallest absolute Gasteiger partial charge is 0.135 e. The quantitative estimate of drug-likeness (QED) is 0.173. The highest BCUT2D eigenvalue weighted by molar-refractivity contribution is 7.19. The lowest BCUT2D eigenvalue weighted by atomic mass is 10.1. The molecule has 5 nitrogen and oxygen atoms in total. The second-order valence-electron chi connectivity index (χ2n) is 8.10. The molecule has 0 N–H and O–H groups in total. The van der Waals surface area contributed by atoms with E-state index in [2.05, 4.69) is 18.0 Å². The van der Waals surface area contributed by atoms with Crippen LogP contribution in [0.1, 0.15) is 30.3 Å². The molecule has 0 amide bonds. The van der Waals surface area contributed by atoms with Crippen LogP contribution in [0.25, 0.3) is 38.8 Å². The van der Waals surface area contributed by atoms with Gasteiger partial charge >= 0.3 is 0 Å². The van der Waals surface area contributed by atoms with Crippen molar-refractivity contribution >= 4 is 33.2 Å². The largest absolute Gasteiger partial charge is 0.494 e. The van der Waals surface area contributed by atoms with Gasteiger partial charge in [-0.25, -0.2) is 9.67 Å². The Hall–Kier alpha value is -4.21. The number of hydrogen-bond acceptors (Lipinski definition) is 5. The number of hydrogen-bond donors (Lipinski definition) is 0. The fourth-order valence-corrected chi connectivity index (χ4v) is 4.71. The zero-order valence-corrected chi connectivity index (χ0v) is 20.2. The van der Waals surface area contributed by atoms with Crippen molar-refractivity contribution in [2.45, 2.75) is 19.8 Å². The third-order valence-electron chi connectivity index (χ3n) is 5.58. The van der Waals surface area contributed by atoms with Gasteiger partial charge in [0.15, 0.2) is 0 Å². The maximum Gasteiger partial charge on any atom is 0.135 e. The van der Waals surface area contributed by atoms with Gasteiger partial charge in [-0.2, -0.15) is 10.4 Å². The molecule has 0 fully saturated rings. The topological polar surface area (TPSA) is 63.7 Å². The highest BCUT2D eigenvalue weighted by Gasteiger charge is 2.15. The molecule has 0 saturated carbocycles. The Balaban J connectivity index is 1.60. The summed E-state index contributed by atoms with van der Waals surface area (Å²) in [6.07, 6.45) is 5.93. The third kappa shape index (κ3) is 5.01. The fraction of sp³-hybridized carbons (Fsp3) is 0.138. The molecule has 0 spiro atoms. The molecule has 0 saturated heterocycles. The van der Waals surface area contributed by atoms with Crippen molar-refractivity contribution < 1.29 is 4.74 Å². The van der Waals surface area contributed by atoms with Crippen LogP contribution in [0.15, 0.2) is 85.1 Å². The summed E-state index contributed by atoms with van der Waals surface area (Å²) in [6, 6.07) is 28.2.